The first-order valence-corrected chi connectivity index (χ1v) is 4.71. The summed E-state index contributed by atoms with van der Waals surface area (Å²) in [5.41, 5.74) is 0. The van der Waals surface area contributed by atoms with E-state index in [0.717, 1.165) is 0 Å². The van der Waals surface area contributed by atoms with Gasteiger partial charge >= 0.3 is 5.82 Å². The van der Waals surface area contributed by atoms with E-state index in [4.69, 9.17) is 0 Å². The van der Waals surface area contributed by atoms with Crippen LogP contribution in [-0.2, 0) is 5.88 Å². The molecule has 0 N–H and O–H groups in total. The zero-order valence-corrected chi connectivity index (χ0v) is 7.67. The lowest BCUT2D eigenvalue weighted by Crippen LogP contribution is -2.02. The Balaban J connectivity index is 3.03. The van der Waals surface area contributed by atoms with Gasteiger partial charge in [0.15, 0.2) is 5.82 Å². The van der Waals surface area contributed by atoms with Crippen LogP contribution in [0.4, 0.5) is 5.82 Å². The highest BCUT2D eigenvalue weighted by atomic mass is 32.2. The van der Waals surface area contributed by atoms with Gasteiger partial charge in [-0.3, -0.25) is 0 Å². The molecule has 1 rings (SSSR count). The molecule has 12 heavy (non-hydrogen) atoms. The van der Waals surface area contributed by atoms with Crippen LogP contribution in [-0.4, -0.2) is 20.7 Å². The van der Waals surface area contributed by atoms with E-state index in [9.17, 15) is 10.1 Å². The third kappa shape index (κ3) is 1.58. The Kier molecular flexibility index (Phi) is 2.69. The molecule has 0 fully saturated rings. The molecule has 0 radical (unpaired) electrons. The van der Waals surface area contributed by atoms with Crippen molar-refractivity contribution < 1.29 is 4.92 Å². The highest BCUT2D eigenvalue weighted by molar-refractivity contribution is 7.97. The molecule has 0 spiro atoms. The molecule has 1 heterocycles. The average molecular weight is 187 g/mol. The van der Waals surface area contributed by atoms with Gasteiger partial charge in [-0.2, -0.15) is 0 Å². The Bertz CT molecular complexity index is 297. The number of hydrogen-bond donors (Lipinski definition) is 0. The lowest BCUT2D eigenvalue weighted by molar-refractivity contribution is -0.391. The molecule has 5 nitrogen and oxygen atoms in total. The van der Waals surface area contributed by atoms with Crippen LogP contribution in [0.2, 0.25) is 0 Å². The zero-order chi connectivity index (χ0) is 9.14. The molecule has 0 unspecified atom stereocenters. The maximum atomic E-state index is 10.4. The van der Waals surface area contributed by atoms with E-state index in [1.54, 1.807) is 11.5 Å². The van der Waals surface area contributed by atoms with E-state index in [0.29, 0.717) is 11.7 Å². The Morgan fingerprint density at radius 1 is 1.83 bits per heavy atom. The number of nitro groups is 1. The first-order valence-electron chi connectivity index (χ1n) is 3.32. The minimum atomic E-state index is -0.420. The molecular weight excluding hydrogens is 178 g/mol. The number of nitrogens with zero attached hydrogens (tertiary/aromatic N) is 3. The van der Waals surface area contributed by atoms with Crippen molar-refractivity contribution in [1.82, 2.24) is 9.55 Å². The zero-order valence-electron chi connectivity index (χ0n) is 6.85. The molecule has 66 valence electrons. The van der Waals surface area contributed by atoms with Crippen molar-refractivity contribution in [1.29, 1.82) is 0 Å². The number of imidazole rings is 1. The summed E-state index contributed by atoms with van der Waals surface area (Å²) in [5.74, 6) is 1.31. The van der Waals surface area contributed by atoms with Crippen molar-refractivity contribution in [2.75, 3.05) is 6.26 Å². The van der Waals surface area contributed by atoms with E-state index in [-0.39, 0.29) is 5.82 Å². The molecule has 0 aliphatic carbocycles. The number of hydrogen-bond acceptors (Lipinski definition) is 4. The van der Waals surface area contributed by atoms with Crippen molar-refractivity contribution in [3.8, 4) is 0 Å². The van der Waals surface area contributed by atoms with Gasteiger partial charge in [0.1, 0.15) is 12.1 Å². The molecule has 0 aromatic carbocycles. The SMILES string of the molecule is CSCn1c([N+](=O)[O-])cnc1C. The van der Waals surface area contributed by atoms with Crippen LogP contribution in [0, 0.1) is 17.0 Å². The van der Waals surface area contributed by atoms with Gasteiger partial charge in [0, 0.05) is 6.92 Å². The second-order valence-electron chi connectivity index (χ2n) is 2.27. The van der Waals surface area contributed by atoms with Gasteiger partial charge in [-0.15, -0.1) is 11.8 Å². The standard InChI is InChI=1S/C6H9N3O2S/c1-5-7-3-6(9(10)11)8(5)4-12-2/h3H,4H2,1-2H3. The molecule has 1 aromatic heterocycles. The summed E-state index contributed by atoms with van der Waals surface area (Å²) in [5, 5.41) is 10.4. The predicted molar refractivity (Wildman–Crippen MR) is 47.1 cm³/mol. The lowest BCUT2D eigenvalue weighted by atomic mass is 10.7. The van der Waals surface area contributed by atoms with Gasteiger partial charge < -0.3 is 10.1 Å². The van der Waals surface area contributed by atoms with Crippen LogP contribution in [0.25, 0.3) is 0 Å². The summed E-state index contributed by atoms with van der Waals surface area (Å²) in [6, 6.07) is 0. The Labute approximate surface area is 73.9 Å². The number of aromatic nitrogens is 2. The molecule has 0 saturated heterocycles. The molecular formula is C6H9N3O2S. The van der Waals surface area contributed by atoms with Crippen LogP contribution in [0.3, 0.4) is 0 Å². The first-order chi connectivity index (χ1) is 5.66. The fourth-order valence-electron chi connectivity index (χ4n) is 0.891. The third-order valence-corrected chi connectivity index (χ3v) is 2.00. The van der Waals surface area contributed by atoms with E-state index in [2.05, 4.69) is 4.98 Å². The van der Waals surface area contributed by atoms with Crippen molar-refractivity contribution in [3.05, 3.63) is 22.1 Å². The minimum Gasteiger partial charge on any atom is -0.358 e. The molecule has 0 aliphatic rings. The second kappa shape index (κ2) is 3.57. The highest BCUT2D eigenvalue weighted by Crippen LogP contribution is 2.15. The molecule has 1 aromatic rings. The van der Waals surface area contributed by atoms with Crippen molar-refractivity contribution in [2.45, 2.75) is 12.8 Å². The van der Waals surface area contributed by atoms with E-state index < -0.39 is 4.92 Å². The minimum absolute atomic E-state index is 0.0573. The second-order valence-corrected chi connectivity index (χ2v) is 3.10. The Hall–Kier alpha value is -1.04. The fourth-order valence-corrected chi connectivity index (χ4v) is 1.47. The molecule has 0 amide bonds. The van der Waals surface area contributed by atoms with Gasteiger partial charge in [0.2, 0.25) is 0 Å². The molecule has 0 atom stereocenters. The lowest BCUT2D eigenvalue weighted by Gasteiger charge is -1.98. The van der Waals surface area contributed by atoms with E-state index in [1.807, 2.05) is 6.26 Å². The van der Waals surface area contributed by atoms with E-state index in [1.165, 1.54) is 18.0 Å². The molecule has 6 heteroatoms. The van der Waals surface area contributed by atoms with Gasteiger partial charge in [0.25, 0.3) is 0 Å². The average Bonchev–Trinajstić information content (AvgIpc) is 2.34. The molecule has 0 aliphatic heterocycles. The summed E-state index contributed by atoms with van der Waals surface area (Å²) >= 11 is 1.52. The van der Waals surface area contributed by atoms with E-state index >= 15 is 0 Å². The van der Waals surface area contributed by atoms with Crippen LogP contribution in [0.1, 0.15) is 5.82 Å². The van der Waals surface area contributed by atoms with Crippen molar-refractivity contribution >= 4 is 17.6 Å². The topological polar surface area (TPSA) is 61.0 Å². The predicted octanol–water partition coefficient (Wildman–Crippen LogP) is 1.42. The number of aryl methyl sites for hydroxylation is 1. The van der Waals surface area contributed by atoms with Crippen LogP contribution >= 0.6 is 11.8 Å². The molecule has 0 saturated carbocycles. The van der Waals surface area contributed by atoms with Gasteiger partial charge in [-0.25, -0.2) is 9.55 Å². The highest BCUT2D eigenvalue weighted by Gasteiger charge is 2.15. The first kappa shape index (κ1) is 9.05. The summed E-state index contributed by atoms with van der Waals surface area (Å²) in [7, 11) is 0. The van der Waals surface area contributed by atoms with Crippen LogP contribution in [0.5, 0.6) is 0 Å². The summed E-state index contributed by atoms with van der Waals surface area (Å²) in [4.78, 5) is 13.9. The fraction of sp³-hybridized carbons (Fsp3) is 0.500. The molecule has 0 bridgehead atoms. The quantitative estimate of drug-likeness (QED) is 0.530. The maximum absolute atomic E-state index is 10.4. The van der Waals surface area contributed by atoms with Crippen LogP contribution in [0.15, 0.2) is 6.20 Å². The number of rotatable bonds is 3. The maximum Gasteiger partial charge on any atom is 0.343 e. The normalized spacial score (nSPS) is 10.2. The smallest absolute Gasteiger partial charge is 0.343 e. The Morgan fingerprint density at radius 3 is 3.00 bits per heavy atom. The Morgan fingerprint density at radius 2 is 2.50 bits per heavy atom. The van der Waals surface area contributed by atoms with Gasteiger partial charge in [0.05, 0.1) is 0 Å². The van der Waals surface area contributed by atoms with Gasteiger partial charge in [-0.1, -0.05) is 0 Å². The summed E-state index contributed by atoms with van der Waals surface area (Å²) in [6.07, 6.45) is 3.18. The van der Waals surface area contributed by atoms with Crippen LogP contribution < -0.4 is 0 Å². The van der Waals surface area contributed by atoms with Gasteiger partial charge in [-0.05, 0) is 11.2 Å². The monoisotopic (exact) mass is 187 g/mol. The van der Waals surface area contributed by atoms with Crippen molar-refractivity contribution in [3.63, 3.8) is 0 Å². The summed E-state index contributed by atoms with van der Waals surface area (Å²) in [6.45, 7) is 1.75. The third-order valence-electron chi connectivity index (χ3n) is 1.48. The number of thioether (sulfide) groups is 1. The van der Waals surface area contributed by atoms with Crippen molar-refractivity contribution in [2.24, 2.45) is 0 Å². The summed E-state index contributed by atoms with van der Waals surface area (Å²) < 4.78 is 1.57. The largest absolute Gasteiger partial charge is 0.358 e.